The van der Waals surface area contributed by atoms with Crippen LogP contribution < -0.4 is 5.73 Å². The van der Waals surface area contributed by atoms with Gasteiger partial charge in [0.2, 0.25) is 0 Å². The van der Waals surface area contributed by atoms with Gasteiger partial charge in [0, 0.05) is 28.7 Å². The summed E-state index contributed by atoms with van der Waals surface area (Å²) in [4.78, 5) is 17.8. The summed E-state index contributed by atoms with van der Waals surface area (Å²) in [7, 11) is -1.22. The zero-order chi connectivity index (χ0) is 21.8. The lowest BCUT2D eigenvalue weighted by Crippen LogP contribution is -2.04. The Labute approximate surface area is 192 Å². The number of nitrogens with two attached hydrogens (primary N) is 1. The van der Waals surface area contributed by atoms with Gasteiger partial charge in [0.05, 0.1) is 28.8 Å². The van der Waals surface area contributed by atoms with Gasteiger partial charge in [0.1, 0.15) is 9.04 Å². The molecule has 0 saturated carbocycles. The number of thiophene rings is 1. The van der Waals surface area contributed by atoms with Gasteiger partial charge < -0.3 is 10.5 Å². The molecule has 1 aliphatic rings. The number of rotatable bonds is 8. The molecule has 0 bridgehead atoms. The molecule has 0 amide bonds. The van der Waals surface area contributed by atoms with E-state index in [9.17, 15) is 9.00 Å². The second-order valence-corrected chi connectivity index (χ2v) is 11.1. The monoisotopic (exact) mass is 472 g/mol. The average molecular weight is 473 g/mol. The number of carbonyl (C=O) groups is 1. The summed E-state index contributed by atoms with van der Waals surface area (Å²) >= 11 is 3.24. The lowest BCUT2D eigenvalue weighted by Gasteiger charge is -2.09. The molecule has 4 rings (SSSR count). The molecular formula is C23H24N2O3S3. The van der Waals surface area contributed by atoms with Crippen molar-refractivity contribution in [3.8, 4) is 11.1 Å². The number of pyridine rings is 1. The van der Waals surface area contributed by atoms with Gasteiger partial charge in [0.15, 0.2) is 0 Å². The third kappa shape index (κ3) is 5.02. The number of esters is 1. The molecule has 0 spiro atoms. The van der Waals surface area contributed by atoms with E-state index >= 15 is 0 Å². The van der Waals surface area contributed by atoms with Crippen molar-refractivity contribution in [1.29, 1.82) is 0 Å². The van der Waals surface area contributed by atoms with Crippen LogP contribution in [0.3, 0.4) is 0 Å². The molecule has 1 atom stereocenters. The Hall–Kier alpha value is -2.16. The summed E-state index contributed by atoms with van der Waals surface area (Å²) < 4.78 is 18.6. The van der Waals surface area contributed by atoms with Crippen LogP contribution in [0.2, 0.25) is 0 Å². The molecule has 2 aromatic heterocycles. The molecular weight excluding hydrogens is 448 g/mol. The van der Waals surface area contributed by atoms with Crippen molar-refractivity contribution in [2.24, 2.45) is 0 Å². The number of ether oxygens (including phenoxy) is 1. The fourth-order valence-corrected chi connectivity index (χ4v) is 7.14. The maximum atomic E-state index is 13.0. The SMILES string of the molecule is CC(=O)OCCCCS(=O)c1sc2nc(C3=CCCS3)cc(-c3ccccc3)c2c1N. The van der Waals surface area contributed by atoms with Crippen LogP contribution in [0.4, 0.5) is 5.69 Å². The highest BCUT2D eigenvalue weighted by Crippen LogP contribution is 2.44. The lowest BCUT2D eigenvalue weighted by molar-refractivity contribution is -0.141. The molecule has 1 aromatic carbocycles. The minimum absolute atomic E-state index is 0.291. The Kier molecular flexibility index (Phi) is 7.09. The van der Waals surface area contributed by atoms with Crippen LogP contribution >= 0.6 is 23.1 Å². The van der Waals surface area contributed by atoms with Crippen LogP contribution in [0.1, 0.15) is 31.9 Å². The van der Waals surface area contributed by atoms with Crippen molar-refractivity contribution in [3.63, 3.8) is 0 Å². The molecule has 0 fully saturated rings. The molecule has 0 radical (unpaired) electrons. The van der Waals surface area contributed by atoms with E-state index in [0.29, 0.717) is 35.1 Å². The first kappa shape index (κ1) is 22.0. The van der Waals surface area contributed by atoms with Gasteiger partial charge in [-0.25, -0.2) is 4.98 Å². The van der Waals surface area contributed by atoms with E-state index in [2.05, 4.69) is 24.3 Å². The molecule has 31 heavy (non-hydrogen) atoms. The lowest BCUT2D eigenvalue weighted by atomic mass is 10.0. The average Bonchev–Trinajstić information content (AvgIpc) is 3.42. The van der Waals surface area contributed by atoms with Gasteiger partial charge in [-0.05, 0) is 36.5 Å². The standard InChI is InChI=1S/C23H24N2O3S3/c1-15(26)28-11-5-6-13-31(27)23-21(24)20-17(16-8-3-2-4-9-16)14-18(25-22(20)30-23)19-10-7-12-29-19/h2-4,8-10,14H,5-7,11-13,24H2,1H3. The summed E-state index contributed by atoms with van der Waals surface area (Å²) in [6.07, 6.45) is 4.66. The van der Waals surface area contributed by atoms with Gasteiger partial charge >= 0.3 is 5.97 Å². The highest BCUT2D eigenvalue weighted by molar-refractivity contribution is 8.08. The number of hydrogen-bond acceptors (Lipinski definition) is 7. The third-order valence-corrected chi connectivity index (χ3v) is 9.06. The first-order valence-electron chi connectivity index (χ1n) is 10.2. The maximum Gasteiger partial charge on any atom is 0.302 e. The number of nitrogens with zero attached hydrogens (tertiary/aromatic N) is 1. The zero-order valence-electron chi connectivity index (χ0n) is 17.3. The van der Waals surface area contributed by atoms with E-state index in [1.54, 1.807) is 0 Å². The minimum atomic E-state index is -1.22. The number of aromatic nitrogens is 1. The Morgan fingerprint density at radius 3 is 2.77 bits per heavy atom. The Bertz CT molecular complexity index is 1160. The minimum Gasteiger partial charge on any atom is -0.466 e. The first-order chi connectivity index (χ1) is 15.0. The van der Waals surface area contributed by atoms with Gasteiger partial charge in [-0.2, -0.15) is 0 Å². The van der Waals surface area contributed by atoms with Crippen LogP contribution in [0.15, 0.2) is 46.7 Å². The van der Waals surface area contributed by atoms with Crippen molar-refractivity contribution in [3.05, 3.63) is 48.2 Å². The van der Waals surface area contributed by atoms with Crippen LogP contribution in [0, 0.1) is 0 Å². The molecule has 2 N–H and O–H groups in total. The molecule has 8 heteroatoms. The molecule has 0 aliphatic carbocycles. The predicted octanol–water partition coefficient (Wildman–Crippen LogP) is 5.47. The zero-order valence-corrected chi connectivity index (χ0v) is 19.7. The van der Waals surface area contributed by atoms with E-state index in [1.165, 1.54) is 23.2 Å². The summed E-state index contributed by atoms with van der Waals surface area (Å²) in [5.74, 6) is 1.26. The number of unbranched alkanes of at least 4 members (excludes halogenated alkanes) is 1. The molecule has 162 valence electrons. The number of allylic oxidation sites excluding steroid dienone is 1. The number of carbonyl (C=O) groups excluding carboxylic acids is 1. The second kappa shape index (κ2) is 9.97. The first-order valence-corrected chi connectivity index (χ1v) is 13.3. The Morgan fingerprint density at radius 2 is 2.06 bits per heavy atom. The van der Waals surface area contributed by atoms with Crippen LogP contribution in [-0.2, 0) is 20.3 Å². The molecule has 0 saturated heterocycles. The summed E-state index contributed by atoms with van der Waals surface area (Å²) in [5, 5.41) is 0.881. The number of fused-ring (bicyclic) bond motifs is 1. The normalized spacial score (nSPS) is 14.5. The van der Waals surface area contributed by atoms with Crippen LogP contribution in [0.5, 0.6) is 0 Å². The summed E-state index contributed by atoms with van der Waals surface area (Å²) in [6.45, 7) is 1.74. The van der Waals surface area contributed by atoms with Gasteiger partial charge in [-0.15, -0.1) is 23.1 Å². The predicted molar refractivity (Wildman–Crippen MR) is 132 cm³/mol. The summed E-state index contributed by atoms with van der Waals surface area (Å²) in [5.41, 5.74) is 10.2. The molecule has 3 aromatic rings. The van der Waals surface area contributed by atoms with E-state index in [-0.39, 0.29) is 5.97 Å². The van der Waals surface area contributed by atoms with Crippen molar-refractivity contribution in [1.82, 2.24) is 4.98 Å². The number of nitrogen functional groups attached to an aromatic ring is 1. The Balaban J connectivity index is 1.68. The van der Waals surface area contributed by atoms with Gasteiger partial charge in [-0.1, -0.05) is 36.4 Å². The molecule has 1 aliphatic heterocycles. The highest BCUT2D eigenvalue weighted by Gasteiger charge is 2.22. The fourth-order valence-electron chi connectivity index (χ4n) is 3.48. The van der Waals surface area contributed by atoms with Gasteiger partial charge in [0.25, 0.3) is 0 Å². The number of thioether (sulfide) groups is 1. The fraction of sp³-hybridized carbons (Fsp3) is 0.304. The molecule has 5 nitrogen and oxygen atoms in total. The van der Waals surface area contributed by atoms with Crippen molar-refractivity contribution in [2.75, 3.05) is 23.8 Å². The van der Waals surface area contributed by atoms with Crippen molar-refractivity contribution >= 4 is 60.7 Å². The summed E-state index contributed by atoms with van der Waals surface area (Å²) in [6, 6.07) is 12.3. The quantitative estimate of drug-likeness (QED) is 0.346. The maximum absolute atomic E-state index is 13.0. The number of anilines is 1. The molecule has 3 heterocycles. The van der Waals surface area contributed by atoms with Gasteiger partial charge in [-0.3, -0.25) is 9.00 Å². The third-order valence-electron chi connectivity index (χ3n) is 4.94. The van der Waals surface area contributed by atoms with E-state index in [4.69, 9.17) is 15.5 Å². The van der Waals surface area contributed by atoms with Crippen LogP contribution in [-0.4, -0.2) is 33.3 Å². The number of benzene rings is 1. The highest BCUT2D eigenvalue weighted by atomic mass is 32.2. The molecule has 1 unspecified atom stereocenters. The Morgan fingerprint density at radius 1 is 1.26 bits per heavy atom. The topological polar surface area (TPSA) is 82.3 Å². The number of hydrogen-bond donors (Lipinski definition) is 1. The van der Waals surface area contributed by atoms with Crippen LogP contribution in [0.25, 0.3) is 26.2 Å². The van der Waals surface area contributed by atoms with Crippen molar-refractivity contribution < 1.29 is 13.7 Å². The van der Waals surface area contributed by atoms with E-state index in [0.717, 1.165) is 39.2 Å². The van der Waals surface area contributed by atoms with E-state index in [1.807, 2.05) is 30.0 Å². The largest absolute Gasteiger partial charge is 0.466 e. The smallest absolute Gasteiger partial charge is 0.302 e. The second-order valence-electron chi connectivity index (χ2n) is 7.21. The van der Waals surface area contributed by atoms with E-state index < -0.39 is 10.8 Å². The van der Waals surface area contributed by atoms with Crippen molar-refractivity contribution in [2.45, 2.75) is 30.4 Å².